The molecule has 3 aromatic rings. The fraction of sp³-hybridized carbons (Fsp3) is 0.400. The van der Waals surface area contributed by atoms with E-state index in [1.165, 1.54) is 0 Å². The maximum absolute atomic E-state index is 13.2. The molecule has 2 heterocycles. The van der Waals surface area contributed by atoms with Crippen molar-refractivity contribution >= 4 is 34.2 Å². The molecule has 1 aromatic heterocycles. The van der Waals surface area contributed by atoms with Gasteiger partial charge >= 0.3 is 6.03 Å². The van der Waals surface area contributed by atoms with Crippen LogP contribution in [0.15, 0.2) is 53.3 Å². The number of methoxy groups -OCH3 is 1. The highest BCUT2D eigenvalue weighted by Crippen LogP contribution is 2.24. The maximum Gasteiger partial charge on any atom is 0.322 e. The van der Waals surface area contributed by atoms with Crippen LogP contribution >= 0.6 is 11.6 Å². The number of nitrogens with one attached hydrogen (secondary N) is 1. The van der Waals surface area contributed by atoms with E-state index in [-0.39, 0.29) is 23.7 Å². The lowest BCUT2D eigenvalue weighted by Gasteiger charge is -2.42. The van der Waals surface area contributed by atoms with Crippen LogP contribution in [0.5, 0.6) is 0 Å². The molecule has 0 saturated carbocycles. The third-order valence-corrected chi connectivity index (χ3v) is 6.56. The standard InChI is InChI=1S/C25H30ClN5O3/c1-17-16-29(11-12-30(17)25(33)27-20-8-6-7-19(26)15-20)18(2)23-28-22-10-5-4-9-21(22)24(32)31(23)13-14-34-3/h4-10,15,17-18H,11-14,16H2,1-3H3,(H,27,33). The van der Waals surface area contributed by atoms with Gasteiger partial charge in [0.1, 0.15) is 5.82 Å². The molecule has 34 heavy (non-hydrogen) atoms. The number of rotatable bonds is 6. The Labute approximate surface area is 204 Å². The summed E-state index contributed by atoms with van der Waals surface area (Å²) < 4.78 is 6.97. The summed E-state index contributed by atoms with van der Waals surface area (Å²) in [5.74, 6) is 0.713. The SMILES string of the molecule is COCCn1c(C(C)N2CCN(C(=O)Nc3cccc(Cl)c3)C(C)C2)nc2ccccc2c1=O. The van der Waals surface area contributed by atoms with Gasteiger partial charge in [0.05, 0.1) is 30.1 Å². The van der Waals surface area contributed by atoms with Crippen molar-refractivity contribution in [2.75, 3.05) is 38.7 Å². The van der Waals surface area contributed by atoms with E-state index in [1.807, 2.05) is 42.2 Å². The smallest absolute Gasteiger partial charge is 0.322 e. The molecule has 0 spiro atoms. The van der Waals surface area contributed by atoms with Crippen LogP contribution in [-0.4, -0.2) is 64.8 Å². The summed E-state index contributed by atoms with van der Waals surface area (Å²) in [4.78, 5) is 35.1. The molecule has 1 N–H and O–H groups in total. The normalized spacial score (nSPS) is 17.6. The van der Waals surface area contributed by atoms with Crippen molar-refractivity contribution in [2.45, 2.75) is 32.5 Å². The van der Waals surface area contributed by atoms with E-state index >= 15 is 0 Å². The summed E-state index contributed by atoms with van der Waals surface area (Å²) in [6.45, 7) is 6.85. The van der Waals surface area contributed by atoms with Crippen molar-refractivity contribution in [3.05, 3.63) is 69.7 Å². The summed E-state index contributed by atoms with van der Waals surface area (Å²) in [7, 11) is 1.62. The van der Waals surface area contributed by atoms with E-state index < -0.39 is 0 Å². The monoisotopic (exact) mass is 483 g/mol. The van der Waals surface area contributed by atoms with Crippen molar-refractivity contribution in [2.24, 2.45) is 0 Å². The Balaban J connectivity index is 1.52. The van der Waals surface area contributed by atoms with Gasteiger partial charge in [0, 0.05) is 43.5 Å². The van der Waals surface area contributed by atoms with Gasteiger partial charge in [-0.1, -0.05) is 29.8 Å². The van der Waals surface area contributed by atoms with Crippen molar-refractivity contribution in [1.29, 1.82) is 0 Å². The van der Waals surface area contributed by atoms with E-state index in [1.54, 1.807) is 29.9 Å². The molecule has 2 unspecified atom stereocenters. The number of ether oxygens (including phenoxy) is 1. The van der Waals surface area contributed by atoms with Crippen molar-refractivity contribution < 1.29 is 9.53 Å². The number of nitrogens with zero attached hydrogens (tertiary/aromatic N) is 4. The number of amides is 2. The number of benzene rings is 2. The second-order valence-electron chi connectivity index (χ2n) is 8.59. The summed E-state index contributed by atoms with van der Waals surface area (Å²) in [6.07, 6.45) is 0. The summed E-state index contributed by atoms with van der Waals surface area (Å²) >= 11 is 6.04. The molecule has 8 nitrogen and oxygen atoms in total. The van der Waals surface area contributed by atoms with Gasteiger partial charge in [0.15, 0.2) is 0 Å². The van der Waals surface area contributed by atoms with E-state index in [0.717, 1.165) is 0 Å². The predicted octanol–water partition coefficient (Wildman–Crippen LogP) is 4.00. The fourth-order valence-corrected chi connectivity index (χ4v) is 4.66. The number of hydrogen-bond donors (Lipinski definition) is 1. The Bertz CT molecular complexity index is 1230. The molecule has 1 saturated heterocycles. The number of carbonyl (C=O) groups is 1. The first-order valence-corrected chi connectivity index (χ1v) is 11.8. The molecule has 2 amide bonds. The Morgan fingerprint density at radius 2 is 2.03 bits per heavy atom. The van der Waals surface area contributed by atoms with Crippen LogP contribution in [0.1, 0.15) is 25.7 Å². The topological polar surface area (TPSA) is 79.7 Å². The molecular weight excluding hydrogens is 454 g/mol. The molecule has 180 valence electrons. The van der Waals surface area contributed by atoms with Crippen LogP contribution in [-0.2, 0) is 11.3 Å². The molecule has 9 heteroatoms. The van der Waals surface area contributed by atoms with Crippen molar-refractivity contribution in [3.63, 3.8) is 0 Å². The number of aromatic nitrogens is 2. The average Bonchev–Trinajstić information content (AvgIpc) is 2.83. The number of urea groups is 1. The lowest BCUT2D eigenvalue weighted by molar-refractivity contribution is 0.0784. The summed E-state index contributed by atoms with van der Waals surface area (Å²) in [5, 5.41) is 4.11. The third-order valence-electron chi connectivity index (χ3n) is 6.33. The highest BCUT2D eigenvalue weighted by atomic mass is 35.5. The zero-order valence-corrected chi connectivity index (χ0v) is 20.5. The van der Waals surface area contributed by atoms with Gasteiger partial charge in [-0.2, -0.15) is 0 Å². The molecule has 1 fully saturated rings. The molecule has 2 aromatic carbocycles. The molecule has 2 atom stereocenters. The van der Waals surface area contributed by atoms with E-state index in [9.17, 15) is 9.59 Å². The van der Waals surface area contributed by atoms with Gasteiger partial charge < -0.3 is 15.0 Å². The second kappa shape index (κ2) is 10.5. The highest BCUT2D eigenvalue weighted by molar-refractivity contribution is 6.30. The number of para-hydroxylation sites is 1. The van der Waals surface area contributed by atoms with E-state index in [0.29, 0.717) is 60.2 Å². The Kier molecular flexibility index (Phi) is 7.50. The van der Waals surface area contributed by atoms with Gasteiger partial charge in [0.25, 0.3) is 5.56 Å². The van der Waals surface area contributed by atoms with Crippen molar-refractivity contribution in [3.8, 4) is 0 Å². The average molecular weight is 484 g/mol. The lowest BCUT2D eigenvalue weighted by Crippen LogP contribution is -2.55. The molecule has 1 aliphatic heterocycles. The van der Waals surface area contributed by atoms with Crippen LogP contribution in [0.4, 0.5) is 10.5 Å². The Hall–Kier alpha value is -2.94. The highest BCUT2D eigenvalue weighted by Gasteiger charge is 2.32. The number of carbonyl (C=O) groups excluding carboxylic acids is 1. The summed E-state index contributed by atoms with van der Waals surface area (Å²) in [5.41, 5.74) is 1.30. The zero-order chi connectivity index (χ0) is 24.2. The minimum Gasteiger partial charge on any atom is -0.383 e. The largest absolute Gasteiger partial charge is 0.383 e. The molecule has 0 radical (unpaired) electrons. The predicted molar refractivity (Wildman–Crippen MR) is 135 cm³/mol. The van der Waals surface area contributed by atoms with Crippen LogP contribution < -0.4 is 10.9 Å². The summed E-state index contributed by atoms with van der Waals surface area (Å²) in [6, 6.07) is 14.3. The molecular formula is C25H30ClN5O3. The first-order chi connectivity index (χ1) is 16.4. The van der Waals surface area contributed by atoms with Crippen molar-refractivity contribution in [1.82, 2.24) is 19.4 Å². The Morgan fingerprint density at radius 1 is 1.24 bits per heavy atom. The quantitative estimate of drug-likeness (QED) is 0.573. The minimum atomic E-state index is -0.150. The van der Waals surface area contributed by atoms with Gasteiger partial charge in [-0.15, -0.1) is 0 Å². The maximum atomic E-state index is 13.2. The lowest BCUT2D eigenvalue weighted by atomic mass is 10.1. The number of piperazine rings is 1. The van der Waals surface area contributed by atoms with E-state index in [4.69, 9.17) is 21.3 Å². The zero-order valence-electron chi connectivity index (χ0n) is 19.7. The van der Waals surface area contributed by atoms with E-state index in [2.05, 4.69) is 17.1 Å². The number of fused-ring (bicyclic) bond motifs is 1. The van der Waals surface area contributed by atoms with Crippen LogP contribution in [0.25, 0.3) is 10.9 Å². The van der Waals surface area contributed by atoms with Gasteiger partial charge in [-0.3, -0.25) is 14.3 Å². The van der Waals surface area contributed by atoms with Crippen LogP contribution in [0.3, 0.4) is 0 Å². The van der Waals surface area contributed by atoms with Gasteiger partial charge in [-0.05, 0) is 44.2 Å². The van der Waals surface area contributed by atoms with Gasteiger partial charge in [0.2, 0.25) is 0 Å². The Morgan fingerprint density at radius 3 is 2.76 bits per heavy atom. The second-order valence-corrected chi connectivity index (χ2v) is 9.03. The van der Waals surface area contributed by atoms with Gasteiger partial charge in [-0.25, -0.2) is 9.78 Å². The first kappa shape index (κ1) is 24.2. The third kappa shape index (κ3) is 5.09. The number of anilines is 1. The number of hydrogen-bond acceptors (Lipinski definition) is 5. The molecule has 1 aliphatic rings. The van der Waals surface area contributed by atoms with Crippen LogP contribution in [0, 0.1) is 0 Å². The molecule has 0 aliphatic carbocycles. The molecule has 0 bridgehead atoms. The number of halogens is 1. The minimum absolute atomic E-state index is 0.0185. The van der Waals surface area contributed by atoms with Crippen LogP contribution in [0.2, 0.25) is 5.02 Å². The fourth-order valence-electron chi connectivity index (χ4n) is 4.47. The molecule has 4 rings (SSSR count). The first-order valence-electron chi connectivity index (χ1n) is 11.4.